The normalized spacial score (nSPS) is 10.2. The maximum Gasteiger partial charge on any atom is 0.335 e. The van der Waals surface area contributed by atoms with Crippen LogP contribution in [0.4, 0.5) is 10.1 Å². The van der Waals surface area contributed by atoms with E-state index in [0.29, 0.717) is 5.69 Å². The summed E-state index contributed by atoms with van der Waals surface area (Å²) in [6.45, 7) is 5.51. The number of halogens is 1. The van der Waals surface area contributed by atoms with E-state index in [2.05, 4.69) is 0 Å². The lowest BCUT2D eigenvalue weighted by Gasteiger charge is -2.22. The van der Waals surface area contributed by atoms with Crippen LogP contribution in [0.15, 0.2) is 18.2 Å². The molecule has 0 aliphatic rings. The fourth-order valence-corrected chi connectivity index (χ4v) is 1.62. The van der Waals surface area contributed by atoms with Crippen LogP contribution in [-0.4, -0.2) is 24.2 Å². The topological polar surface area (TPSA) is 40.5 Å². The summed E-state index contributed by atoms with van der Waals surface area (Å²) < 4.78 is 13.2. The van der Waals surface area contributed by atoms with E-state index in [1.165, 1.54) is 12.1 Å². The Balaban J connectivity index is 3.07. The van der Waals surface area contributed by atoms with Gasteiger partial charge in [-0.3, -0.25) is 0 Å². The number of carboxylic acids is 1. The van der Waals surface area contributed by atoms with Gasteiger partial charge in [0.05, 0.1) is 5.56 Å². The summed E-state index contributed by atoms with van der Waals surface area (Å²) in [5.74, 6) is -1.61. The summed E-state index contributed by atoms with van der Waals surface area (Å²) in [4.78, 5) is 12.7. The Morgan fingerprint density at radius 3 is 2.56 bits per heavy atom. The van der Waals surface area contributed by atoms with Gasteiger partial charge in [0.1, 0.15) is 5.82 Å². The minimum Gasteiger partial charge on any atom is -0.478 e. The van der Waals surface area contributed by atoms with Crippen LogP contribution in [0.1, 0.15) is 30.6 Å². The van der Waals surface area contributed by atoms with Crippen LogP contribution in [0.25, 0.3) is 0 Å². The molecule has 0 aliphatic carbocycles. The molecule has 0 atom stereocenters. The number of carbonyl (C=O) groups is 1. The second-order valence-electron chi connectivity index (χ2n) is 3.58. The largest absolute Gasteiger partial charge is 0.478 e. The van der Waals surface area contributed by atoms with Crippen molar-refractivity contribution < 1.29 is 14.3 Å². The molecular formula is C12H16FNO2. The molecule has 1 aromatic rings. The summed E-state index contributed by atoms with van der Waals surface area (Å²) in [5, 5.41) is 8.83. The van der Waals surface area contributed by atoms with Crippen LogP contribution in [0.2, 0.25) is 0 Å². The van der Waals surface area contributed by atoms with E-state index in [1.54, 1.807) is 0 Å². The molecule has 0 heterocycles. The van der Waals surface area contributed by atoms with Crippen molar-refractivity contribution in [1.29, 1.82) is 0 Å². The van der Waals surface area contributed by atoms with Crippen molar-refractivity contribution in [3.05, 3.63) is 29.6 Å². The van der Waals surface area contributed by atoms with Gasteiger partial charge in [0.15, 0.2) is 0 Å². The number of carboxylic acid groups (broad SMARTS) is 1. The standard InChI is InChI=1S/C12H16FNO2/c1-3-5-14(4-2)11-7-9(12(15)16)6-10(13)8-11/h6-8H,3-5H2,1-2H3,(H,15,16). The maximum absolute atomic E-state index is 13.2. The van der Waals surface area contributed by atoms with Crippen molar-refractivity contribution in [3.63, 3.8) is 0 Å². The van der Waals surface area contributed by atoms with E-state index in [1.807, 2.05) is 18.7 Å². The minimum atomic E-state index is -1.10. The molecule has 4 heteroatoms. The SMILES string of the molecule is CCCN(CC)c1cc(F)cc(C(=O)O)c1. The lowest BCUT2D eigenvalue weighted by Crippen LogP contribution is -2.23. The number of rotatable bonds is 5. The smallest absolute Gasteiger partial charge is 0.335 e. The lowest BCUT2D eigenvalue weighted by molar-refractivity contribution is 0.0696. The maximum atomic E-state index is 13.2. The Hall–Kier alpha value is -1.58. The molecule has 0 saturated carbocycles. The van der Waals surface area contributed by atoms with Crippen LogP contribution in [0.3, 0.4) is 0 Å². The van der Waals surface area contributed by atoms with Crippen molar-refractivity contribution in [3.8, 4) is 0 Å². The highest BCUT2D eigenvalue weighted by Gasteiger charge is 2.10. The average molecular weight is 225 g/mol. The second-order valence-corrected chi connectivity index (χ2v) is 3.58. The molecule has 0 amide bonds. The lowest BCUT2D eigenvalue weighted by atomic mass is 10.1. The fraction of sp³-hybridized carbons (Fsp3) is 0.417. The van der Waals surface area contributed by atoms with E-state index in [0.717, 1.165) is 25.6 Å². The predicted octanol–water partition coefficient (Wildman–Crippen LogP) is 2.76. The average Bonchev–Trinajstić information content (AvgIpc) is 2.24. The van der Waals surface area contributed by atoms with E-state index in [4.69, 9.17) is 5.11 Å². The van der Waals surface area contributed by atoms with Gasteiger partial charge < -0.3 is 10.0 Å². The molecule has 0 radical (unpaired) electrons. The molecule has 0 bridgehead atoms. The van der Waals surface area contributed by atoms with Gasteiger partial charge >= 0.3 is 5.97 Å². The summed E-state index contributed by atoms with van der Waals surface area (Å²) in [6, 6.07) is 3.90. The monoisotopic (exact) mass is 225 g/mol. The van der Waals surface area contributed by atoms with Gasteiger partial charge in [-0.25, -0.2) is 9.18 Å². The molecule has 1 rings (SSSR count). The highest BCUT2D eigenvalue weighted by molar-refractivity contribution is 5.88. The first kappa shape index (κ1) is 12.5. The van der Waals surface area contributed by atoms with Crippen molar-refractivity contribution in [1.82, 2.24) is 0 Å². The number of nitrogens with zero attached hydrogens (tertiary/aromatic N) is 1. The van der Waals surface area contributed by atoms with Crippen LogP contribution >= 0.6 is 0 Å². The number of aromatic carboxylic acids is 1. The quantitative estimate of drug-likeness (QED) is 0.837. The van der Waals surface area contributed by atoms with Crippen molar-refractivity contribution >= 4 is 11.7 Å². The molecule has 3 nitrogen and oxygen atoms in total. The third-order valence-corrected chi connectivity index (χ3v) is 2.37. The van der Waals surface area contributed by atoms with E-state index in [-0.39, 0.29) is 5.56 Å². The van der Waals surface area contributed by atoms with Gasteiger partial charge in [-0.1, -0.05) is 6.92 Å². The molecule has 1 N–H and O–H groups in total. The Morgan fingerprint density at radius 2 is 2.06 bits per heavy atom. The molecule has 0 aliphatic heterocycles. The zero-order valence-corrected chi connectivity index (χ0v) is 9.53. The van der Waals surface area contributed by atoms with Crippen molar-refractivity contribution in [2.75, 3.05) is 18.0 Å². The molecule has 0 fully saturated rings. The predicted molar refractivity (Wildman–Crippen MR) is 61.5 cm³/mol. The van der Waals surface area contributed by atoms with Crippen molar-refractivity contribution in [2.24, 2.45) is 0 Å². The van der Waals surface area contributed by atoms with Gasteiger partial charge in [-0.15, -0.1) is 0 Å². The van der Waals surface area contributed by atoms with Crippen LogP contribution in [0, 0.1) is 5.82 Å². The van der Waals surface area contributed by atoms with E-state index in [9.17, 15) is 9.18 Å². The van der Waals surface area contributed by atoms with Crippen LogP contribution in [0.5, 0.6) is 0 Å². The van der Waals surface area contributed by atoms with Crippen molar-refractivity contribution in [2.45, 2.75) is 20.3 Å². The first-order valence-electron chi connectivity index (χ1n) is 5.37. The first-order chi connectivity index (χ1) is 7.58. The van der Waals surface area contributed by atoms with Crippen LogP contribution in [-0.2, 0) is 0 Å². The zero-order chi connectivity index (χ0) is 12.1. The summed E-state index contributed by atoms with van der Waals surface area (Å²) in [5.41, 5.74) is 0.617. The Labute approximate surface area is 94.5 Å². The summed E-state index contributed by atoms with van der Waals surface area (Å²) in [6.07, 6.45) is 0.937. The number of benzene rings is 1. The molecule has 0 aromatic heterocycles. The van der Waals surface area contributed by atoms with Crippen LogP contribution < -0.4 is 4.90 Å². The van der Waals surface area contributed by atoms with Gasteiger partial charge in [-0.05, 0) is 31.5 Å². The first-order valence-corrected chi connectivity index (χ1v) is 5.37. The molecule has 0 saturated heterocycles. The highest BCUT2D eigenvalue weighted by atomic mass is 19.1. The second kappa shape index (κ2) is 5.49. The highest BCUT2D eigenvalue weighted by Crippen LogP contribution is 2.19. The number of hydrogen-bond donors (Lipinski definition) is 1. The molecule has 16 heavy (non-hydrogen) atoms. The third kappa shape index (κ3) is 2.95. The van der Waals surface area contributed by atoms with E-state index < -0.39 is 11.8 Å². The summed E-state index contributed by atoms with van der Waals surface area (Å²) in [7, 11) is 0. The van der Waals surface area contributed by atoms with Gasteiger partial charge in [0, 0.05) is 18.8 Å². The van der Waals surface area contributed by atoms with Gasteiger partial charge in [-0.2, -0.15) is 0 Å². The molecule has 1 aromatic carbocycles. The van der Waals surface area contributed by atoms with E-state index >= 15 is 0 Å². The fourth-order valence-electron chi connectivity index (χ4n) is 1.62. The Kier molecular flexibility index (Phi) is 4.28. The molecule has 0 spiro atoms. The Morgan fingerprint density at radius 1 is 1.38 bits per heavy atom. The van der Waals surface area contributed by atoms with Gasteiger partial charge in [0.25, 0.3) is 0 Å². The molecule has 0 unspecified atom stereocenters. The minimum absolute atomic E-state index is 0.00967. The van der Waals surface area contributed by atoms with Gasteiger partial charge in [0.2, 0.25) is 0 Å². The zero-order valence-electron chi connectivity index (χ0n) is 9.53. The third-order valence-electron chi connectivity index (χ3n) is 2.37. The molecule has 88 valence electrons. The Bertz CT molecular complexity index is 379. The summed E-state index contributed by atoms with van der Waals surface area (Å²) >= 11 is 0. The number of anilines is 1. The number of hydrogen-bond acceptors (Lipinski definition) is 2. The molecular weight excluding hydrogens is 209 g/mol.